The molecule has 2 aromatic heterocycles. The summed E-state index contributed by atoms with van der Waals surface area (Å²) in [6.45, 7) is 5.74. The first kappa shape index (κ1) is 15.4. The van der Waals surface area contributed by atoms with Crippen LogP contribution in [0.1, 0.15) is 41.0 Å². The van der Waals surface area contributed by atoms with Crippen molar-refractivity contribution < 1.29 is 4.79 Å². The number of carbonyl (C=O) groups is 1. The topological polar surface area (TPSA) is 71.0 Å². The van der Waals surface area contributed by atoms with Crippen molar-refractivity contribution in [2.75, 3.05) is 23.3 Å². The van der Waals surface area contributed by atoms with E-state index in [4.69, 9.17) is 0 Å². The average molecular weight is 311 g/mol. The van der Waals surface area contributed by atoms with Gasteiger partial charge in [-0.05, 0) is 56.9 Å². The Morgan fingerprint density at radius 3 is 2.65 bits per heavy atom. The van der Waals surface area contributed by atoms with Gasteiger partial charge in [-0.15, -0.1) is 0 Å². The molecule has 1 saturated heterocycles. The number of nitrogens with one attached hydrogen (secondary N) is 1. The van der Waals surface area contributed by atoms with Crippen molar-refractivity contribution in [1.82, 2.24) is 15.0 Å². The highest BCUT2D eigenvalue weighted by Gasteiger charge is 2.17. The van der Waals surface area contributed by atoms with Crippen molar-refractivity contribution in [1.29, 1.82) is 0 Å². The number of pyridine rings is 1. The van der Waals surface area contributed by atoms with Gasteiger partial charge in [0.2, 0.25) is 5.95 Å². The molecule has 1 amide bonds. The lowest BCUT2D eigenvalue weighted by Crippen LogP contribution is -2.31. The van der Waals surface area contributed by atoms with Gasteiger partial charge in [-0.25, -0.2) is 15.0 Å². The molecule has 1 fully saturated rings. The minimum absolute atomic E-state index is 0.258. The Balaban J connectivity index is 1.81. The van der Waals surface area contributed by atoms with Crippen LogP contribution in [0.15, 0.2) is 24.4 Å². The van der Waals surface area contributed by atoms with Gasteiger partial charge in [0.15, 0.2) is 0 Å². The van der Waals surface area contributed by atoms with Crippen LogP contribution in [-0.4, -0.2) is 33.9 Å². The number of piperidine rings is 1. The third-order valence-electron chi connectivity index (χ3n) is 3.87. The van der Waals surface area contributed by atoms with Crippen LogP contribution < -0.4 is 10.2 Å². The van der Waals surface area contributed by atoms with Crippen LogP contribution >= 0.6 is 0 Å². The zero-order chi connectivity index (χ0) is 16.2. The Bertz CT molecular complexity index is 710. The minimum Gasteiger partial charge on any atom is -0.341 e. The molecule has 0 bridgehead atoms. The third kappa shape index (κ3) is 3.83. The standard InChI is InChI=1S/C17H21N5O/c1-12-6-7-18-15(10-12)21-16(23)14-11-13(2)19-17(20-14)22-8-4-3-5-9-22/h6-7,10-11H,3-5,8-9H2,1-2H3,(H,18,21,23). The van der Waals surface area contributed by atoms with Gasteiger partial charge in [-0.3, -0.25) is 4.79 Å². The number of carbonyl (C=O) groups excluding carboxylic acids is 1. The highest BCUT2D eigenvalue weighted by Crippen LogP contribution is 2.17. The summed E-state index contributed by atoms with van der Waals surface area (Å²) in [7, 11) is 0. The molecular weight excluding hydrogens is 290 g/mol. The number of nitrogens with zero attached hydrogens (tertiary/aromatic N) is 4. The lowest BCUT2D eigenvalue weighted by molar-refractivity contribution is 0.102. The number of amides is 1. The molecule has 0 radical (unpaired) electrons. The molecule has 0 spiro atoms. The van der Waals surface area contributed by atoms with Gasteiger partial charge in [0.25, 0.3) is 5.91 Å². The molecule has 0 unspecified atom stereocenters. The molecule has 3 rings (SSSR count). The fourth-order valence-electron chi connectivity index (χ4n) is 2.69. The maximum Gasteiger partial charge on any atom is 0.275 e. The summed E-state index contributed by atoms with van der Waals surface area (Å²) in [5, 5.41) is 2.80. The Kier molecular flexibility index (Phi) is 4.50. The van der Waals surface area contributed by atoms with Gasteiger partial charge in [0, 0.05) is 25.0 Å². The summed E-state index contributed by atoms with van der Waals surface area (Å²) in [5.74, 6) is 0.921. The van der Waals surface area contributed by atoms with E-state index in [1.165, 1.54) is 6.42 Å². The lowest BCUT2D eigenvalue weighted by atomic mass is 10.1. The first-order chi connectivity index (χ1) is 11.1. The van der Waals surface area contributed by atoms with Crippen LogP contribution in [-0.2, 0) is 0 Å². The Labute approximate surface area is 136 Å². The molecule has 0 atom stereocenters. The molecule has 1 aliphatic rings. The summed E-state index contributed by atoms with van der Waals surface area (Å²) in [4.78, 5) is 27.7. The predicted octanol–water partition coefficient (Wildman–Crippen LogP) is 2.73. The second-order valence-electron chi connectivity index (χ2n) is 5.91. The predicted molar refractivity (Wildman–Crippen MR) is 89.8 cm³/mol. The SMILES string of the molecule is Cc1ccnc(NC(=O)c2cc(C)nc(N3CCCCC3)n2)c1. The summed E-state index contributed by atoms with van der Waals surface area (Å²) < 4.78 is 0. The summed E-state index contributed by atoms with van der Waals surface area (Å²) in [6.07, 6.45) is 5.21. The molecule has 1 N–H and O–H groups in total. The number of aromatic nitrogens is 3. The summed E-state index contributed by atoms with van der Waals surface area (Å²) in [6, 6.07) is 5.43. The first-order valence-electron chi connectivity index (χ1n) is 7.96. The minimum atomic E-state index is -0.258. The number of rotatable bonds is 3. The lowest BCUT2D eigenvalue weighted by Gasteiger charge is -2.27. The number of hydrogen-bond donors (Lipinski definition) is 1. The normalized spacial score (nSPS) is 14.6. The van der Waals surface area contributed by atoms with Crippen molar-refractivity contribution in [3.8, 4) is 0 Å². The molecule has 3 heterocycles. The molecule has 0 aliphatic carbocycles. The van der Waals surface area contributed by atoms with Crippen LogP contribution in [0.3, 0.4) is 0 Å². The van der Waals surface area contributed by atoms with Crippen LogP contribution in [0.5, 0.6) is 0 Å². The quantitative estimate of drug-likeness (QED) is 0.943. The fourth-order valence-corrected chi connectivity index (χ4v) is 2.69. The van der Waals surface area contributed by atoms with Crippen LogP contribution in [0.4, 0.5) is 11.8 Å². The Hall–Kier alpha value is -2.50. The van der Waals surface area contributed by atoms with Crippen molar-refractivity contribution >= 4 is 17.7 Å². The second-order valence-corrected chi connectivity index (χ2v) is 5.91. The van der Waals surface area contributed by atoms with Crippen molar-refractivity contribution in [3.63, 3.8) is 0 Å². The highest BCUT2D eigenvalue weighted by atomic mass is 16.1. The molecule has 2 aromatic rings. The van der Waals surface area contributed by atoms with E-state index in [1.54, 1.807) is 12.3 Å². The fraction of sp³-hybridized carbons (Fsp3) is 0.412. The second kappa shape index (κ2) is 6.73. The number of hydrogen-bond acceptors (Lipinski definition) is 5. The monoisotopic (exact) mass is 311 g/mol. The Morgan fingerprint density at radius 2 is 1.91 bits per heavy atom. The van der Waals surface area contributed by atoms with Crippen LogP contribution in [0.25, 0.3) is 0 Å². The molecule has 23 heavy (non-hydrogen) atoms. The molecule has 0 saturated carbocycles. The van der Waals surface area contributed by atoms with Crippen molar-refractivity contribution in [3.05, 3.63) is 41.3 Å². The van der Waals surface area contributed by atoms with Gasteiger partial charge in [-0.2, -0.15) is 0 Å². The summed E-state index contributed by atoms with van der Waals surface area (Å²) in [5.41, 5.74) is 2.22. The smallest absolute Gasteiger partial charge is 0.275 e. The molecule has 1 aliphatic heterocycles. The number of anilines is 2. The van der Waals surface area contributed by atoms with Gasteiger partial charge in [0.1, 0.15) is 11.5 Å². The molecule has 6 nitrogen and oxygen atoms in total. The third-order valence-corrected chi connectivity index (χ3v) is 3.87. The van der Waals surface area contributed by atoms with E-state index in [-0.39, 0.29) is 5.91 Å². The number of aryl methyl sites for hydroxylation is 2. The average Bonchev–Trinajstić information content (AvgIpc) is 2.55. The highest BCUT2D eigenvalue weighted by molar-refractivity contribution is 6.02. The van der Waals surface area contributed by atoms with Gasteiger partial charge in [0.05, 0.1) is 0 Å². The van der Waals surface area contributed by atoms with Crippen LogP contribution in [0, 0.1) is 13.8 Å². The zero-order valence-corrected chi connectivity index (χ0v) is 13.5. The summed E-state index contributed by atoms with van der Waals surface area (Å²) >= 11 is 0. The van der Waals surface area contributed by atoms with Gasteiger partial charge in [-0.1, -0.05) is 0 Å². The van der Waals surface area contributed by atoms with E-state index in [2.05, 4.69) is 25.2 Å². The van der Waals surface area contributed by atoms with Crippen molar-refractivity contribution in [2.24, 2.45) is 0 Å². The van der Waals surface area contributed by atoms with E-state index in [0.29, 0.717) is 17.5 Å². The van der Waals surface area contributed by atoms with Crippen LogP contribution in [0.2, 0.25) is 0 Å². The maximum absolute atomic E-state index is 12.5. The molecule has 120 valence electrons. The van der Waals surface area contributed by atoms with Gasteiger partial charge < -0.3 is 10.2 Å². The Morgan fingerprint density at radius 1 is 1.13 bits per heavy atom. The van der Waals surface area contributed by atoms with E-state index in [1.807, 2.05) is 26.0 Å². The maximum atomic E-state index is 12.5. The van der Waals surface area contributed by atoms with E-state index in [9.17, 15) is 4.79 Å². The molecule has 6 heteroatoms. The van der Waals surface area contributed by atoms with Gasteiger partial charge >= 0.3 is 0 Å². The van der Waals surface area contributed by atoms with E-state index < -0.39 is 0 Å². The zero-order valence-electron chi connectivity index (χ0n) is 13.5. The van der Waals surface area contributed by atoms with Crippen molar-refractivity contribution in [2.45, 2.75) is 33.1 Å². The first-order valence-corrected chi connectivity index (χ1v) is 7.96. The van der Waals surface area contributed by atoms with E-state index >= 15 is 0 Å². The largest absolute Gasteiger partial charge is 0.341 e. The van der Waals surface area contributed by atoms with E-state index in [0.717, 1.165) is 37.2 Å². The molecular formula is C17H21N5O. The molecule has 0 aromatic carbocycles.